The summed E-state index contributed by atoms with van der Waals surface area (Å²) < 4.78 is 34.7. The maximum Gasteiger partial charge on any atom is 0.243 e. The molecular weight excluding hydrogens is 480 g/mol. The van der Waals surface area contributed by atoms with E-state index in [1.807, 2.05) is 19.1 Å². The topological polar surface area (TPSA) is 101 Å². The van der Waals surface area contributed by atoms with Crippen LogP contribution in [0.5, 0.6) is 5.75 Å². The first-order valence-corrected chi connectivity index (χ1v) is 13.5. The highest BCUT2D eigenvalue weighted by Crippen LogP contribution is 2.35. The Balaban J connectivity index is 1.33. The predicted molar refractivity (Wildman–Crippen MR) is 131 cm³/mol. The van der Waals surface area contributed by atoms with Crippen molar-refractivity contribution in [3.63, 3.8) is 0 Å². The summed E-state index contributed by atoms with van der Waals surface area (Å²) in [5, 5.41) is 4.39. The minimum atomic E-state index is -3.69. The van der Waals surface area contributed by atoms with Crippen molar-refractivity contribution in [2.24, 2.45) is 5.92 Å². The zero-order chi connectivity index (χ0) is 23.2. The van der Waals surface area contributed by atoms with Crippen molar-refractivity contribution >= 4 is 64.2 Å². The van der Waals surface area contributed by atoms with Gasteiger partial charge in [-0.1, -0.05) is 11.3 Å². The van der Waals surface area contributed by atoms with Crippen LogP contribution in [0.3, 0.4) is 0 Å². The number of hydrogen-bond donors (Lipinski definition) is 1. The maximum atomic E-state index is 13.1. The molecule has 0 aliphatic carbocycles. The van der Waals surface area contributed by atoms with Crippen LogP contribution in [0.25, 0.3) is 20.4 Å². The van der Waals surface area contributed by atoms with Crippen LogP contribution in [0.1, 0.15) is 17.8 Å². The van der Waals surface area contributed by atoms with Crippen LogP contribution in [0.4, 0.5) is 5.13 Å². The summed E-state index contributed by atoms with van der Waals surface area (Å²) in [7, 11) is -2.16. The second kappa shape index (κ2) is 8.64. The normalized spacial score (nSPS) is 17.5. The molecule has 0 radical (unpaired) electrons. The number of hydrogen-bond acceptors (Lipinski definition) is 8. The molecule has 1 fully saturated rings. The number of thiazole rings is 2. The van der Waals surface area contributed by atoms with Crippen molar-refractivity contribution < 1.29 is 17.9 Å². The number of nitrogens with one attached hydrogen (secondary N) is 1. The molecule has 2 aromatic carbocycles. The van der Waals surface area contributed by atoms with Crippen LogP contribution in [0, 0.1) is 12.8 Å². The van der Waals surface area contributed by atoms with Gasteiger partial charge in [0.05, 0.1) is 37.8 Å². The minimum Gasteiger partial charge on any atom is -0.497 e. The fourth-order valence-corrected chi connectivity index (χ4v) is 7.40. The van der Waals surface area contributed by atoms with E-state index in [0.717, 1.165) is 25.4 Å². The number of methoxy groups -OCH3 is 1. The number of piperidine rings is 1. The highest BCUT2D eigenvalue weighted by atomic mass is 32.2. The average Bonchev–Trinajstić information content (AvgIpc) is 3.41. The molecule has 1 atom stereocenters. The Labute approximate surface area is 199 Å². The Morgan fingerprint density at radius 2 is 1.94 bits per heavy atom. The number of anilines is 1. The van der Waals surface area contributed by atoms with Gasteiger partial charge in [-0.3, -0.25) is 4.79 Å². The number of nitrogens with zero attached hydrogens (tertiary/aromatic N) is 3. The summed E-state index contributed by atoms with van der Waals surface area (Å²) in [6.45, 7) is 2.50. The lowest BCUT2D eigenvalue weighted by Gasteiger charge is -2.31. The molecule has 172 valence electrons. The SMILES string of the molecule is COc1ccc(S(=O)(=O)N2CCCC(C(=O)Nc3nc4ccc5sc(C)nc5c4s3)C2)cc1. The molecule has 4 aromatic rings. The van der Waals surface area contributed by atoms with Crippen LogP contribution >= 0.6 is 22.7 Å². The van der Waals surface area contributed by atoms with Gasteiger partial charge in [-0.05, 0) is 56.2 Å². The number of rotatable bonds is 5. The number of ether oxygens (including phenoxy) is 1. The largest absolute Gasteiger partial charge is 0.497 e. The van der Waals surface area contributed by atoms with E-state index in [9.17, 15) is 13.2 Å². The fourth-order valence-electron chi connectivity index (χ4n) is 4.02. The number of fused-ring (bicyclic) bond motifs is 3. The van der Waals surface area contributed by atoms with Gasteiger partial charge in [0.15, 0.2) is 5.13 Å². The third-order valence-electron chi connectivity index (χ3n) is 5.70. The lowest BCUT2D eigenvalue weighted by Crippen LogP contribution is -2.43. The molecule has 0 saturated carbocycles. The van der Waals surface area contributed by atoms with Gasteiger partial charge in [-0.15, -0.1) is 11.3 Å². The van der Waals surface area contributed by atoms with Crippen molar-refractivity contribution in [1.29, 1.82) is 0 Å². The predicted octanol–water partition coefficient (Wildman–Crippen LogP) is 4.26. The van der Waals surface area contributed by atoms with Crippen LogP contribution in [-0.2, 0) is 14.8 Å². The molecule has 11 heteroatoms. The molecule has 1 saturated heterocycles. The molecule has 1 N–H and O–H groups in total. The van der Waals surface area contributed by atoms with Gasteiger partial charge in [-0.2, -0.15) is 4.31 Å². The van der Waals surface area contributed by atoms with E-state index in [0.29, 0.717) is 30.3 Å². The summed E-state index contributed by atoms with van der Waals surface area (Å²) in [4.78, 5) is 22.3. The number of sulfonamides is 1. The summed E-state index contributed by atoms with van der Waals surface area (Å²) in [5.74, 6) is -0.0690. The molecule has 2 aromatic heterocycles. The van der Waals surface area contributed by atoms with Gasteiger partial charge < -0.3 is 10.1 Å². The molecule has 0 spiro atoms. The van der Waals surface area contributed by atoms with E-state index in [2.05, 4.69) is 15.3 Å². The van der Waals surface area contributed by atoms with E-state index < -0.39 is 15.9 Å². The Bertz CT molecular complexity index is 1440. The number of benzene rings is 2. The molecule has 8 nitrogen and oxygen atoms in total. The highest BCUT2D eigenvalue weighted by Gasteiger charge is 2.33. The summed E-state index contributed by atoms with van der Waals surface area (Å²) in [6.07, 6.45) is 1.24. The van der Waals surface area contributed by atoms with Crippen molar-refractivity contribution in [3.05, 3.63) is 41.4 Å². The smallest absolute Gasteiger partial charge is 0.243 e. The third-order valence-corrected chi connectivity index (χ3v) is 9.51. The van der Waals surface area contributed by atoms with Gasteiger partial charge in [0.1, 0.15) is 11.3 Å². The minimum absolute atomic E-state index is 0.140. The zero-order valence-electron chi connectivity index (χ0n) is 18.1. The van der Waals surface area contributed by atoms with E-state index in [1.54, 1.807) is 23.5 Å². The summed E-state index contributed by atoms with van der Waals surface area (Å²) in [5.41, 5.74) is 1.70. The van der Waals surface area contributed by atoms with Crippen molar-refractivity contribution in [3.8, 4) is 5.75 Å². The standard InChI is InChI=1S/C22H22N4O4S3/c1-13-23-19-18(31-13)10-9-17-20(19)32-22(24-17)25-21(27)14-4-3-11-26(12-14)33(28,29)16-7-5-15(30-2)6-8-16/h5-10,14H,3-4,11-12H2,1-2H3,(H,24,25,27). The second-order valence-electron chi connectivity index (χ2n) is 7.88. The summed E-state index contributed by atoms with van der Waals surface area (Å²) in [6, 6.07) is 10.2. The molecule has 3 heterocycles. The van der Waals surface area contributed by atoms with E-state index in [4.69, 9.17) is 4.74 Å². The van der Waals surface area contributed by atoms with Crippen LogP contribution in [0.2, 0.25) is 0 Å². The lowest BCUT2D eigenvalue weighted by molar-refractivity contribution is -0.120. The van der Waals surface area contributed by atoms with Gasteiger partial charge >= 0.3 is 0 Å². The van der Waals surface area contributed by atoms with Gasteiger partial charge in [0.25, 0.3) is 0 Å². The quantitative estimate of drug-likeness (QED) is 0.438. The van der Waals surface area contributed by atoms with Gasteiger partial charge in [0, 0.05) is 13.1 Å². The molecule has 1 amide bonds. The van der Waals surface area contributed by atoms with Crippen molar-refractivity contribution in [2.45, 2.75) is 24.7 Å². The number of amides is 1. The fraction of sp³-hybridized carbons (Fsp3) is 0.318. The Kier molecular flexibility index (Phi) is 5.81. The molecule has 5 rings (SSSR count). The van der Waals surface area contributed by atoms with Crippen LogP contribution < -0.4 is 10.1 Å². The van der Waals surface area contributed by atoms with Crippen LogP contribution in [0.15, 0.2) is 41.3 Å². The van der Waals surface area contributed by atoms with Gasteiger partial charge in [-0.25, -0.2) is 18.4 Å². The molecule has 0 bridgehead atoms. The summed E-state index contributed by atoms with van der Waals surface area (Å²) >= 11 is 3.02. The van der Waals surface area contributed by atoms with Crippen molar-refractivity contribution in [2.75, 3.05) is 25.5 Å². The zero-order valence-corrected chi connectivity index (χ0v) is 20.5. The number of aryl methyl sites for hydroxylation is 1. The average molecular weight is 503 g/mol. The van der Waals surface area contributed by atoms with E-state index >= 15 is 0 Å². The number of carbonyl (C=O) groups is 1. The lowest BCUT2D eigenvalue weighted by atomic mass is 9.99. The second-order valence-corrected chi connectivity index (χ2v) is 12.1. The van der Waals surface area contributed by atoms with E-state index in [-0.39, 0.29) is 17.3 Å². The van der Waals surface area contributed by atoms with Crippen molar-refractivity contribution in [1.82, 2.24) is 14.3 Å². The maximum absolute atomic E-state index is 13.1. The third kappa shape index (κ3) is 4.21. The first-order valence-electron chi connectivity index (χ1n) is 10.5. The Hall–Kier alpha value is -2.60. The molecule has 1 aliphatic heterocycles. The molecule has 33 heavy (non-hydrogen) atoms. The molecular formula is C22H22N4O4S3. The Morgan fingerprint density at radius 1 is 1.15 bits per heavy atom. The molecule has 1 unspecified atom stereocenters. The monoisotopic (exact) mass is 502 g/mol. The molecule has 1 aliphatic rings. The first kappa shape index (κ1) is 22.2. The first-order chi connectivity index (χ1) is 15.8. The van der Waals surface area contributed by atoms with E-state index in [1.165, 1.54) is 34.9 Å². The van der Waals surface area contributed by atoms with Crippen LogP contribution in [-0.4, -0.2) is 48.8 Å². The Morgan fingerprint density at radius 3 is 2.70 bits per heavy atom. The number of aromatic nitrogens is 2. The van der Waals surface area contributed by atoms with Gasteiger partial charge in [0.2, 0.25) is 15.9 Å². The number of carbonyl (C=O) groups excluding carboxylic acids is 1. The highest BCUT2D eigenvalue weighted by molar-refractivity contribution is 7.89.